The summed E-state index contributed by atoms with van der Waals surface area (Å²) in [4.78, 5) is 0. The first kappa shape index (κ1) is 20.5. The van der Waals surface area contributed by atoms with Crippen molar-refractivity contribution in [1.29, 1.82) is 0 Å². The minimum absolute atomic E-state index is 0.0988. The van der Waals surface area contributed by atoms with Crippen molar-refractivity contribution in [1.82, 2.24) is 16.0 Å². The van der Waals surface area contributed by atoms with Crippen molar-refractivity contribution in [3.8, 4) is 0 Å². The van der Waals surface area contributed by atoms with Crippen molar-refractivity contribution in [3.05, 3.63) is 0 Å². The fraction of sp³-hybridized carbons (Fsp3) is 1.00. The molecule has 0 aromatic heterocycles. The summed E-state index contributed by atoms with van der Waals surface area (Å²) >= 11 is 0. The van der Waals surface area contributed by atoms with Crippen molar-refractivity contribution in [2.24, 2.45) is 11.8 Å². The van der Waals surface area contributed by atoms with Gasteiger partial charge < -0.3 is 29.9 Å². The molecule has 9 heteroatoms. The molecule has 3 aliphatic rings. The van der Waals surface area contributed by atoms with Crippen LogP contribution in [0.1, 0.15) is 33.6 Å². The van der Waals surface area contributed by atoms with Crippen molar-refractivity contribution < 1.29 is 24.6 Å². The van der Waals surface area contributed by atoms with Crippen LogP contribution in [0.2, 0.25) is 5.82 Å². The van der Waals surface area contributed by atoms with Gasteiger partial charge in [0.2, 0.25) is 0 Å². The van der Waals surface area contributed by atoms with E-state index >= 15 is 0 Å². The summed E-state index contributed by atoms with van der Waals surface area (Å²) in [6.07, 6.45) is 1.25. The van der Waals surface area contributed by atoms with Crippen molar-refractivity contribution in [2.45, 2.75) is 69.6 Å². The van der Waals surface area contributed by atoms with Crippen LogP contribution < -0.4 is 16.0 Å². The van der Waals surface area contributed by atoms with E-state index in [4.69, 9.17) is 9.39 Å². The Hall–Kier alpha value is -0.255. The van der Waals surface area contributed by atoms with E-state index in [9.17, 15) is 15.2 Å². The number of hydrogen-bond acceptors (Lipinski definition) is 8. The monoisotopic (exact) mass is 371 g/mol. The average molecular weight is 371 g/mol. The number of rotatable bonds is 6. The molecule has 6 N–H and O–H groups in total. The molecule has 1 aliphatic carbocycles. The van der Waals surface area contributed by atoms with Crippen LogP contribution in [0.3, 0.4) is 0 Å². The number of aliphatic hydroxyl groups is 2. The Labute approximate surface area is 156 Å². The SMILES string of the molecule is CC1C(OC2CNC(C(O)NCC(C)(C)O)CN2)CCC2COB(O)C21. The first-order valence-electron chi connectivity index (χ1n) is 9.80. The Morgan fingerprint density at radius 3 is 2.73 bits per heavy atom. The Bertz CT molecular complexity index is 458. The van der Waals surface area contributed by atoms with Gasteiger partial charge in [-0.25, -0.2) is 0 Å². The van der Waals surface area contributed by atoms with Crippen LogP contribution in [-0.2, 0) is 9.39 Å². The Balaban J connectivity index is 1.42. The molecule has 2 saturated heterocycles. The number of ether oxygens (including phenoxy) is 1. The number of hydrogen-bond donors (Lipinski definition) is 6. The molecule has 8 nitrogen and oxygen atoms in total. The molecular weight excluding hydrogens is 337 g/mol. The van der Waals surface area contributed by atoms with Crippen LogP contribution >= 0.6 is 0 Å². The van der Waals surface area contributed by atoms with E-state index in [2.05, 4.69) is 22.9 Å². The summed E-state index contributed by atoms with van der Waals surface area (Å²) < 4.78 is 11.7. The molecule has 0 aromatic carbocycles. The van der Waals surface area contributed by atoms with Crippen LogP contribution in [0.25, 0.3) is 0 Å². The molecule has 26 heavy (non-hydrogen) atoms. The molecule has 2 heterocycles. The van der Waals surface area contributed by atoms with Gasteiger partial charge in [-0.05, 0) is 38.5 Å². The van der Waals surface area contributed by atoms with Gasteiger partial charge in [0.15, 0.2) is 0 Å². The predicted octanol–water partition coefficient (Wildman–Crippen LogP) is -1.13. The summed E-state index contributed by atoms with van der Waals surface area (Å²) in [5.74, 6) is 0.856. The lowest BCUT2D eigenvalue weighted by molar-refractivity contribution is -0.0878. The van der Waals surface area contributed by atoms with E-state index in [-0.39, 0.29) is 30.1 Å². The van der Waals surface area contributed by atoms with Gasteiger partial charge in [-0.3, -0.25) is 10.6 Å². The molecule has 3 fully saturated rings. The molecule has 0 aromatic rings. The van der Waals surface area contributed by atoms with Gasteiger partial charge in [-0.1, -0.05) is 6.92 Å². The summed E-state index contributed by atoms with van der Waals surface area (Å²) in [6.45, 7) is 7.69. The fourth-order valence-electron chi connectivity index (χ4n) is 4.41. The maximum Gasteiger partial charge on any atom is 0.458 e. The average Bonchev–Trinajstić information content (AvgIpc) is 2.97. The van der Waals surface area contributed by atoms with Gasteiger partial charge in [-0.15, -0.1) is 0 Å². The van der Waals surface area contributed by atoms with Gasteiger partial charge in [-0.2, -0.15) is 0 Å². The van der Waals surface area contributed by atoms with Crippen molar-refractivity contribution >= 4 is 7.12 Å². The first-order valence-corrected chi connectivity index (χ1v) is 9.80. The second-order valence-electron chi connectivity index (χ2n) is 8.72. The maximum atomic E-state index is 10.2. The van der Waals surface area contributed by atoms with Crippen molar-refractivity contribution in [2.75, 3.05) is 26.2 Å². The second kappa shape index (κ2) is 8.40. The quantitative estimate of drug-likeness (QED) is 0.257. The lowest BCUT2D eigenvalue weighted by Gasteiger charge is -2.41. The largest absolute Gasteiger partial charge is 0.458 e. The van der Waals surface area contributed by atoms with E-state index in [1.54, 1.807) is 13.8 Å². The minimum Gasteiger partial charge on any atom is -0.427 e. The zero-order chi connectivity index (χ0) is 18.9. The molecule has 0 spiro atoms. The highest BCUT2D eigenvalue weighted by Crippen LogP contribution is 2.46. The molecule has 7 atom stereocenters. The third kappa shape index (κ3) is 4.96. The number of aliphatic hydroxyl groups excluding tert-OH is 1. The zero-order valence-corrected chi connectivity index (χ0v) is 16.0. The summed E-state index contributed by atoms with van der Waals surface area (Å²) in [5, 5.41) is 39.6. The van der Waals surface area contributed by atoms with Gasteiger partial charge in [0.25, 0.3) is 0 Å². The fourth-order valence-corrected chi connectivity index (χ4v) is 4.41. The van der Waals surface area contributed by atoms with Gasteiger partial charge >= 0.3 is 7.12 Å². The predicted molar refractivity (Wildman–Crippen MR) is 98.3 cm³/mol. The van der Waals surface area contributed by atoms with Crippen LogP contribution in [-0.4, -0.2) is 78.8 Å². The smallest absolute Gasteiger partial charge is 0.427 e. The van der Waals surface area contributed by atoms with E-state index in [0.717, 1.165) is 12.8 Å². The van der Waals surface area contributed by atoms with Crippen LogP contribution in [0.4, 0.5) is 0 Å². The van der Waals surface area contributed by atoms with Gasteiger partial charge in [0.05, 0.1) is 17.7 Å². The number of nitrogens with one attached hydrogen (secondary N) is 3. The summed E-state index contributed by atoms with van der Waals surface area (Å²) in [7, 11) is -0.666. The molecular formula is C17H34BN3O5. The summed E-state index contributed by atoms with van der Waals surface area (Å²) in [6, 6.07) is -0.143. The topological polar surface area (TPSA) is 115 Å². The minimum atomic E-state index is -0.863. The van der Waals surface area contributed by atoms with Gasteiger partial charge in [0.1, 0.15) is 12.5 Å². The molecule has 0 amide bonds. The molecule has 2 aliphatic heterocycles. The first-order chi connectivity index (χ1) is 12.2. The lowest BCUT2D eigenvalue weighted by Crippen LogP contribution is -2.63. The standard InChI is InChI=1S/C17H34BN3O5/c1-10-13(5-4-11-8-25-18(24)15(10)11)26-14-7-19-12(6-20-14)16(22)21-9-17(2,3)23/h10-16,19-24H,4-9H2,1-3H3. The maximum absolute atomic E-state index is 10.2. The van der Waals surface area contributed by atoms with E-state index in [1.807, 2.05) is 0 Å². The normalized spacial score (nSPS) is 39.7. The molecule has 3 rings (SSSR count). The molecule has 150 valence electrons. The third-order valence-corrected chi connectivity index (χ3v) is 5.97. The Morgan fingerprint density at radius 2 is 2.08 bits per heavy atom. The number of piperazine rings is 1. The van der Waals surface area contributed by atoms with Crippen LogP contribution in [0.5, 0.6) is 0 Å². The lowest BCUT2D eigenvalue weighted by atomic mass is 9.57. The van der Waals surface area contributed by atoms with Crippen molar-refractivity contribution in [3.63, 3.8) is 0 Å². The Morgan fingerprint density at radius 1 is 1.31 bits per heavy atom. The molecule has 7 unspecified atom stereocenters. The Kier molecular flexibility index (Phi) is 6.62. The van der Waals surface area contributed by atoms with Crippen LogP contribution in [0, 0.1) is 11.8 Å². The molecule has 1 saturated carbocycles. The highest BCUT2D eigenvalue weighted by Gasteiger charge is 2.49. The second-order valence-corrected chi connectivity index (χ2v) is 8.72. The zero-order valence-electron chi connectivity index (χ0n) is 16.0. The third-order valence-electron chi connectivity index (χ3n) is 5.97. The highest BCUT2D eigenvalue weighted by atomic mass is 16.5. The van der Waals surface area contributed by atoms with Crippen LogP contribution in [0.15, 0.2) is 0 Å². The highest BCUT2D eigenvalue weighted by molar-refractivity contribution is 6.45. The summed E-state index contributed by atoms with van der Waals surface area (Å²) in [5.41, 5.74) is -0.863. The van der Waals surface area contributed by atoms with E-state index in [0.29, 0.717) is 32.2 Å². The number of fused-ring (bicyclic) bond motifs is 1. The molecule has 0 bridgehead atoms. The van der Waals surface area contributed by atoms with E-state index in [1.165, 1.54) is 0 Å². The van der Waals surface area contributed by atoms with Gasteiger partial charge in [0, 0.05) is 32.1 Å². The van der Waals surface area contributed by atoms with E-state index < -0.39 is 18.9 Å². The molecule has 0 radical (unpaired) electrons.